The second-order valence-electron chi connectivity index (χ2n) is 6.84. The summed E-state index contributed by atoms with van der Waals surface area (Å²) in [6.07, 6.45) is 0.413. The molecule has 0 aromatic heterocycles. The lowest BCUT2D eigenvalue weighted by Crippen LogP contribution is -2.40. The molecular weight excluding hydrogens is 332 g/mol. The van der Waals surface area contributed by atoms with Crippen molar-refractivity contribution in [3.05, 3.63) is 18.2 Å². The van der Waals surface area contributed by atoms with Gasteiger partial charge < -0.3 is 19.7 Å². The summed E-state index contributed by atoms with van der Waals surface area (Å²) >= 11 is 5.81. The number of hydrogen-bond donors (Lipinski definition) is 1. The minimum absolute atomic E-state index is 0.0460. The first kappa shape index (κ1) is 16.9. The highest BCUT2D eigenvalue weighted by Gasteiger charge is 2.33. The number of hydrogen-bond acceptors (Lipinski definition) is 4. The van der Waals surface area contributed by atoms with Crippen LogP contribution in [-0.2, 0) is 9.59 Å². The Labute approximate surface area is 146 Å². The zero-order chi connectivity index (χ0) is 17.3. The molecule has 2 heterocycles. The average Bonchev–Trinajstić information content (AvgIpc) is 3.17. The quantitative estimate of drug-likeness (QED) is 0.824. The lowest BCUT2D eigenvalue weighted by Gasteiger charge is -2.22. The number of fused-ring (bicyclic) bond motifs is 1. The fourth-order valence-electron chi connectivity index (χ4n) is 2.76. The maximum atomic E-state index is 12.3. The van der Waals surface area contributed by atoms with Gasteiger partial charge in [-0.15, -0.1) is 11.6 Å². The molecule has 1 aromatic carbocycles. The third-order valence-electron chi connectivity index (χ3n) is 4.37. The molecule has 130 valence electrons. The lowest BCUT2D eigenvalue weighted by atomic mass is 9.95. The zero-order valence-electron chi connectivity index (χ0n) is 13.8. The van der Waals surface area contributed by atoms with E-state index >= 15 is 0 Å². The first-order valence-corrected chi connectivity index (χ1v) is 8.48. The monoisotopic (exact) mass is 352 g/mol. The highest BCUT2D eigenvalue weighted by Crippen LogP contribution is 2.37. The number of amides is 2. The SMILES string of the molecule is CC(C)(CCl)C(=O)NCC1CC(=O)N(c2ccc3c(c2)OCO3)C1. The molecule has 2 amide bonds. The second kappa shape index (κ2) is 6.51. The van der Waals surface area contributed by atoms with E-state index in [4.69, 9.17) is 21.1 Å². The molecule has 6 nitrogen and oxygen atoms in total. The first-order chi connectivity index (χ1) is 11.4. The number of rotatable bonds is 5. The predicted molar refractivity (Wildman–Crippen MR) is 90.5 cm³/mol. The second-order valence-corrected chi connectivity index (χ2v) is 7.11. The number of carbonyl (C=O) groups is 2. The number of anilines is 1. The minimum Gasteiger partial charge on any atom is -0.454 e. The van der Waals surface area contributed by atoms with Gasteiger partial charge in [0.15, 0.2) is 11.5 Å². The van der Waals surface area contributed by atoms with Gasteiger partial charge in [0.1, 0.15) is 0 Å². The number of nitrogens with zero attached hydrogens (tertiary/aromatic N) is 1. The lowest BCUT2D eigenvalue weighted by molar-refractivity contribution is -0.128. The van der Waals surface area contributed by atoms with Gasteiger partial charge in [-0.3, -0.25) is 9.59 Å². The predicted octanol–water partition coefficient (Wildman–Crippen LogP) is 2.15. The molecule has 1 saturated heterocycles. The number of carbonyl (C=O) groups excluding carboxylic acids is 2. The molecule has 1 aromatic rings. The molecule has 1 atom stereocenters. The zero-order valence-corrected chi connectivity index (χ0v) is 14.6. The van der Waals surface area contributed by atoms with Crippen molar-refractivity contribution in [2.75, 3.05) is 30.7 Å². The van der Waals surface area contributed by atoms with Crippen LogP contribution in [0.5, 0.6) is 11.5 Å². The van der Waals surface area contributed by atoms with Crippen molar-refractivity contribution >= 4 is 29.1 Å². The average molecular weight is 353 g/mol. The van der Waals surface area contributed by atoms with Gasteiger partial charge in [0.25, 0.3) is 0 Å². The topological polar surface area (TPSA) is 67.9 Å². The van der Waals surface area contributed by atoms with Crippen molar-refractivity contribution in [2.24, 2.45) is 11.3 Å². The summed E-state index contributed by atoms with van der Waals surface area (Å²) in [4.78, 5) is 26.1. The number of halogens is 1. The van der Waals surface area contributed by atoms with E-state index in [0.29, 0.717) is 31.0 Å². The molecule has 24 heavy (non-hydrogen) atoms. The molecule has 1 unspecified atom stereocenters. The summed E-state index contributed by atoms with van der Waals surface area (Å²) in [5.41, 5.74) is 0.181. The molecule has 0 aliphatic carbocycles. The largest absolute Gasteiger partial charge is 0.454 e. The van der Waals surface area contributed by atoms with Gasteiger partial charge in [0, 0.05) is 43.1 Å². The van der Waals surface area contributed by atoms with Crippen LogP contribution in [0.2, 0.25) is 0 Å². The van der Waals surface area contributed by atoms with Crippen LogP contribution in [0, 0.1) is 11.3 Å². The standard InChI is InChI=1S/C17H21ClN2O4/c1-17(2,9-18)16(22)19-7-11-5-15(21)20(8-11)12-3-4-13-14(6-12)24-10-23-13/h3-4,6,11H,5,7-10H2,1-2H3,(H,19,22). The van der Waals surface area contributed by atoms with Crippen LogP contribution < -0.4 is 19.7 Å². The minimum atomic E-state index is -0.610. The number of benzene rings is 1. The van der Waals surface area contributed by atoms with Gasteiger partial charge in [-0.1, -0.05) is 0 Å². The van der Waals surface area contributed by atoms with Crippen molar-refractivity contribution in [2.45, 2.75) is 20.3 Å². The Morgan fingerprint density at radius 1 is 1.38 bits per heavy atom. The highest BCUT2D eigenvalue weighted by atomic mass is 35.5. The summed E-state index contributed by atoms with van der Waals surface area (Å²) in [7, 11) is 0. The van der Waals surface area contributed by atoms with E-state index in [9.17, 15) is 9.59 Å². The maximum absolute atomic E-state index is 12.3. The van der Waals surface area contributed by atoms with Gasteiger partial charge in [0.05, 0.1) is 5.41 Å². The fraction of sp³-hybridized carbons (Fsp3) is 0.529. The van der Waals surface area contributed by atoms with Gasteiger partial charge >= 0.3 is 0 Å². The van der Waals surface area contributed by atoms with Crippen molar-refractivity contribution < 1.29 is 19.1 Å². The van der Waals surface area contributed by atoms with Gasteiger partial charge in [-0.05, 0) is 26.0 Å². The Morgan fingerprint density at radius 2 is 2.12 bits per heavy atom. The first-order valence-electron chi connectivity index (χ1n) is 7.95. The fourth-order valence-corrected chi connectivity index (χ4v) is 2.88. The third kappa shape index (κ3) is 3.29. The Hall–Kier alpha value is -1.95. The third-order valence-corrected chi connectivity index (χ3v) is 5.04. The van der Waals surface area contributed by atoms with E-state index in [1.54, 1.807) is 18.7 Å². The Kier molecular flexibility index (Phi) is 4.58. The summed E-state index contributed by atoms with van der Waals surface area (Å²) in [6, 6.07) is 5.48. The van der Waals surface area contributed by atoms with Crippen molar-refractivity contribution in [3.8, 4) is 11.5 Å². The Morgan fingerprint density at radius 3 is 2.88 bits per heavy atom. The van der Waals surface area contributed by atoms with E-state index in [2.05, 4.69) is 5.32 Å². The molecule has 0 radical (unpaired) electrons. The summed E-state index contributed by atoms with van der Waals surface area (Å²) < 4.78 is 10.6. The van der Waals surface area contributed by atoms with Crippen LogP contribution in [-0.4, -0.2) is 37.6 Å². The number of alkyl halides is 1. The van der Waals surface area contributed by atoms with E-state index in [0.717, 1.165) is 5.69 Å². The number of ether oxygens (including phenoxy) is 2. The molecule has 2 aliphatic heterocycles. The molecule has 7 heteroatoms. The summed E-state index contributed by atoms with van der Waals surface area (Å²) in [5.74, 6) is 1.64. The van der Waals surface area contributed by atoms with Crippen LogP contribution in [0.15, 0.2) is 18.2 Å². The van der Waals surface area contributed by atoms with Gasteiger partial charge in [0.2, 0.25) is 18.6 Å². The number of nitrogens with one attached hydrogen (secondary N) is 1. The molecule has 0 saturated carbocycles. The Bertz CT molecular complexity index is 662. The van der Waals surface area contributed by atoms with Crippen LogP contribution in [0.3, 0.4) is 0 Å². The molecule has 0 spiro atoms. The smallest absolute Gasteiger partial charge is 0.231 e. The normalized spacial score (nSPS) is 19.7. The molecular formula is C17H21ClN2O4. The van der Waals surface area contributed by atoms with Crippen molar-refractivity contribution in [3.63, 3.8) is 0 Å². The van der Waals surface area contributed by atoms with E-state index in [1.165, 1.54) is 0 Å². The highest BCUT2D eigenvalue weighted by molar-refractivity contribution is 6.19. The molecule has 1 N–H and O–H groups in total. The molecule has 1 fully saturated rings. The van der Waals surface area contributed by atoms with Crippen LogP contribution in [0.25, 0.3) is 0 Å². The molecule has 0 bridgehead atoms. The van der Waals surface area contributed by atoms with Crippen molar-refractivity contribution in [1.29, 1.82) is 0 Å². The van der Waals surface area contributed by atoms with Crippen LogP contribution >= 0.6 is 11.6 Å². The maximum Gasteiger partial charge on any atom is 0.231 e. The Balaban J connectivity index is 1.61. The summed E-state index contributed by atoms with van der Waals surface area (Å²) in [5, 5.41) is 2.90. The van der Waals surface area contributed by atoms with E-state index in [-0.39, 0.29) is 30.4 Å². The summed E-state index contributed by atoms with van der Waals surface area (Å²) in [6.45, 7) is 4.84. The van der Waals surface area contributed by atoms with Gasteiger partial charge in [-0.2, -0.15) is 0 Å². The van der Waals surface area contributed by atoms with Crippen LogP contribution in [0.1, 0.15) is 20.3 Å². The van der Waals surface area contributed by atoms with Crippen molar-refractivity contribution in [1.82, 2.24) is 5.32 Å². The van der Waals surface area contributed by atoms with Gasteiger partial charge in [-0.25, -0.2) is 0 Å². The van der Waals surface area contributed by atoms with E-state index in [1.807, 2.05) is 18.2 Å². The molecule has 2 aliphatic rings. The van der Waals surface area contributed by atoms with Crippen LogP contribution in [0.4, 0.5) is 5.69 Å². The molecule has 3 rings (SSSR count). The van der Waals surface area contributed by atoms with E-state index < -0.39 is 5.41 Å².